The third kappa shape index (κ3) is 3.98. The van der Waals surface area contributed by atoms with Crippen LogP contribution in [0.4, 0.5) is 5.69 Å². The largest absolute Gasteiger partial charge is 0.395 e. The molecule has 1 amide bonds. The fourth-order valence-corrected chi connectivity index (χ4v) is 2.68. The fourth-order valence-electron chi connectivity index (χ4n) is 2.05. The average Bonchev–Trinajstić information content (AvgIpc) is 3.29. The first-order valence-electron chi connectivity index (χ1n) is 7.34. The van der Waals surface area contributed by atoms with Gasteiger partial charge in [0.1, 0.15) is 0 Å². The number of thiophene rings is 1. The molecule has 0 atom stereocenters. The fraction of sp³-hybridized carbons (Fsp3) is 0.188. The van der Waals surface area contributed by atoms with Gasteiger partial charge in [-0.3, -0.25) is 4.79 Å². The Bertz CT molecular complexity index is 801. The van der Waals surface area contributed by atoms with E-state index in [2.05, 4.69) is 20.8 Å². The number of amides is 1. The van der Waals surface area contributed by atoms with Gasteiger partial charge in [-0.25, -0.2) is 0 Å². The highest BCUT2D eigenvalue weighted by molar-refractivity contribution is 7.08. The SMILES string of the molecule is O=C(NCCO)c1cccc(NCc2noc(-c3ccsc3)n2)c1. The van der Waals surface area contributed by atoms with E-state index in [4.69, 9.17) is 9.63 Å². The third-order valence-electron chi connectivity index (χ3n) is 3.21. The highest BCUT2D eigenvalue weighted by atomic mass is 32.1. The number of benzene rings is 1. The molecule has 0 bridgehead atoms. The lowest BCUT2D eigenvalue weighted by Crippen LogP contribution is -2.26. The molecule has 0 unspecified atom stereocenters. The van der Waals surface area contributed by atoms with Crippen molar-refractivity contribution < 1.29 is 14.4 Å². The van der Waals surface area contributed by atoms with Gasteiger partial charge in [-0.2, -0.15) is 16.3 Å². The molecule has 0 spiro atoms. The van der Waals surface area contributed by atoms with Gasteiger partial charge in [-0.05, 0) is 29.6 Å². The quantitative estimate of drug-likeness (QED) is 0.607. The topological polar surface area (TPSA) is 100 Å². The molecule has 2 heterocycles. The van der Waals surface area contributed by atoms with Crippen LogP contribution >= 0.6 is 11.3 Å². The number of anilines is 1. The van der Waals surface area contributed by atoms with Crippen LogP contribution in [0.3, 0.4) is 0 Å². The summed E-state index contributed by atoms with van der Waals surface area (Å²) < 4.78 is 5.22. The Morgan fingerprint density at radius 1 is 1.33 bits per heavy atom. The van der Waals surface area contributed by atoms with Crippen LogP contribution in [0.25, 0.3) is 11.5 Å². The van der Waals surface area contributed by atoms with Crippen LogP contribution in [0.2, 0.25) is 0 Å². The molecule has 2 aromatic heterocycles. The van der Waals surface area contributed by atoms with Gasteiger partial charge in [0.25, 0.3) is 11.8 Å². The van der Waals surface area contributed by atoms with E-state index in [1.54, 1.807) is 29.5 Å². The van der Waals surface area contributed by atoms with Gasteiger partial charge < -0.3 is 20.3 Å². The molecule has 24 heavy (non-hydrogen) atoms. The van der Waals surface area contributed by atoms with Crippen LogP contribution in [0.5, 0.6) is 0 Å². The molecule has 3 aromatic rings. The molecule has 0 fully saturated rings. The van der Waals surface area contributed by atoms with Crippen molar-refractivity contribution in [1.29, 1.82) is 0 Å². The Labute approximate surface area is 142 Å². The molecule has 8 heteroatoms. The summed E-state index contributed by atoms with van der Waals surface area (Å²) in [6, 6.07) is 8.99. The summed E-state index contributed by atoms with van der Waals surface area (Å²) in [5, 5.41) is 22.3. The number of nitrogens with one attached hydrogen (secondary N) is 2. The van der Waals surface area contributed by atoms with Crippen molar-refractivity contribution in [3.05, 3.63) is 52.5 Å². The van der Waals surface area contributed by atoms with E-state index < -0.39 is 0 Å². The Hall–Kier alpha value is -2.71. The van der Waals surface area contributed by atoms with Crippen molar-refractivity contribution in [1.82, 2.24) is 15.5 Å². The van der Waals surface area contributed by atoms with E-state index >= 15 is 0 Å². The first-order valence-corrected chi connectivity index (χ1v) is 8.28. The normalized spacial score (nSPS) is 10.5. The lowest BCUT2D eigenvalue weighted by atomic mass is 10.2. The zero-order chi connectivity index (χ0) is 16.8. The number of carbonyl (C=O) groups excluding carboxylic acids is 1. The van der Waals surface area contributed by atoms with Crippen LogP contribution in [0.1, 0.15) is 16.2 Å². The maximum absolute atomic E-state index is 11.9. The molecule has 7 nitrogen and oxygen atoms in total. The van der Waals surface area contributed by atoms with Crippen molar-refractivity contribution in [2.45, 2.75) is 6.54 Å². The molecule has 0 aliphatic heterocycles. The van der Waals surface area contributed by atoms with Crippen LogP contribution in [-0.4, -0.2) is 34.3 Å². The van der Waals surface area contributed by atoms with Crippen molar-refractivity contribution in [3.63, 3.8) is 0 Å². The Morgan fingerprint density at radius 2 is 2.25 bits per heavy atom. The number of aromatic nitrogens is 2. The number of aliphatic hydroxyl groups is 1. The van der Waals surface area contributed by atoms with Gasteiger partial charge in [0.2, 0.25) is 0 Å². The minimum Gasteiger partial charge on any atom is -0.395 e. The highest BCUT2D eigenvalue weighted by Crippen LogP contribution is 2.20. The number of hydrogen-bond donors (Lipinski definition) is 3. The summed E-state index contributed by atoms with van der Waals surface area (Å²) in [6.45, 7) is 0.522. The van der Waals surface area contributed by atoms with Crippen molar-refractivity contribution in [2.75, 3.05) is 18.5 Å². The van der Waals surface area contributed by atoms with Gasteiger partial charge in [0, 0.05) is 23.2 Å². The van der Waals surface area contributed by atoms with E-state index in [9.17, 15) is 4.79 Å². The van der Waals surface area contributed by atoms with E-state index in [0.29, 0.717) is 23.8 Å². The van der Waals surface area contributed by atoms with Gasteiger partial charge >= 0.3 is 0 Å². The summed E-state index contributed by atoms with van der Waals surface area (Å²) in [5.74, 6) is 0.795. The molecule has 3 rings (SSSR count). The lowest BCUT2D eigenvalue weighted by Gasteiger charge is -2.07. The second-order valence-electron chi connectivity index (χ2n) is 4.94. The van der Waals surface area contributed by atoms with E-state index in [-0.39, 0.29) is 19.1 Å². The van der Waals surface area contributed by atoms with Crippen LogP contribution in [0, 0.1) is 0 Å². The molecule has 124 valence electrons. The number of aliphatic hydroxyl groups excluding tert-OH is 1. The highest BCUT2D eigenvalue weighted by Gasteiger charge is 2.09. The number of nitrogens with zero attached hydrogens (tertiary/aromatic N) is 2. The molecule has 0 aliphatic rings. The Balaban J connectivity index is 1.61. The molecular formula is C16H16N4O3S. The van der Waals surface area contributed by atoms with Crippen LogP contribution < -0.4 is 10.6 Å². The zero-order valence-electron chi connectivity index (χ0n) is 12.7. The standard InChI is InChI=1S/C16H16N4O3S/c21-6-5-17-15(22)11-2-1-3-13(8-11)18-9-14-19-16(23-20-14)12-4-7-24-10-12/h1-4,7-8,10,18,21H,5-6,9H2,(H,17,22). The first kappa shape index (κ1) is 16.2. The van der Waals surface area contributed by atoms with Gasteiger partial charge in [0.05, 0.1) is 18.7 Å². The van der Waals surface area contributed by atoms with Gasteiger partial charge in [-0.15, -0.1) is 0 Å². The van der Waals surface area contributed by atoms with Crippen molar-refractivity contribution in [3.8, 4) is 11.5 Å². The maximum atomic E-state index is 11.9. The van der Waals surface area contributed by atoms with E-state index in [1.165, 1.54) is 0 Å². The molecule has 1 aromatic carbocycles. The molecule has 0 saturated heterocycles. The second-order valence-corrected chi connectivity index (χ2v) is 5.72. The summed E-state index contributed by atoms with van der Waals surface area (Å²) in [4.78, 5) is 16.2. The van der Waals surface area contributed by atoms with Crippen LogP contribution in [0.15, 0.2) is 45.6 Å². The van der Waals surface area contributed by atoms with Crippen LogP contribution in [-0.2, 0) is 6.54 Å². The predicted molar refractivity (Wildman–Crippen MR) is 90.8 cm³/mol. The van der Waals surface area contributed by atoms with Gasteiger partial charge in [-0.1, -0.05) is 11.2 Å². The molecule has 0 radical (unpaired) electrons. The smallest absolute Gasteiger partial charge is 0.258 e. The number of carbonyl (C=O) groups is 1. The van der Waals surface area contributed by atoms with E-state index in [0.717, 1.165) is 11.3 Å². The summed E-state index contributed by atoms with van der Waals surface area (Å²) in [6.07, 6.45) is 0. The maximum Gasteiger partial charge on any atom is 0.258 e. The summed E-state index contributed by atoms with van der Waals surface area (Å²) in [7, 11) is 0. The molecule has 0 saturated carbocycles. The lowest BCUT2D eigenvalue weighted by molar-refractivity contribution is 0.0945. The minimum atomic E-state index is -0.230. The van der Waals surface area contributed by atoms with Crippen molar-refractivity contribution in [2.24, 2.45) is 0 Å². The minimum absolute atomic E-state index is 0.0893. The molecular weight excluding hydrogens is 328 g/mol. The Kier molecular flexibility index (Phi) is 5.19. The van der Waals surface area contributed by atoms with Gasteiger partial charge in [0.15, 0.2) is 5.82 Å². The predicted octanol–water partition coefficient (Wildman–Crippen LogP) is 2.13. The van der Waals surface area contributed by atoms with Crippen molar-refractivity contribution >= 4 is 22.9 Å². The first-order chi connectivity index (χ1) is 11.8. The number of hydrogen-bond acceptors (Lipinski definition) is 7. The average molecular weight is 344 g/mol. The monoisotopic (exact) mass is 344 g/mol. The molecule has 0 aliphatic carbocycles. The summed E-state index contributed by atoms with van der Waals surface area (Å²) in [5.41, 5.74) is 2.19. The third-order valence-corrected chi connectivity index (χ3v) is 3.89. The molecule has 3 N–H and O–H groups in total. The van der Waals surface area contributed by atoms with E-state index in [1.807, 2.05) is 22.9 Å². The summed E-state index contributed by atoms with van der Waals surface area (Å²) >= 11 is 1.57. The zero-order valence-corrected chi connectivity index (χ0v) is 13.5. The Morgan fingerprint density at radius 3 is 3.04 bits per heavy atom. The number of rotatable bonds is 7. The second kappa shape index (κ2) is 7.71.